The summed E-state index contributed by atoms with van der Waals surface area (Å²) in [6, 6.07) is 35.1. The lowest BCUT2D eigenvalue weighted by Gasteiger charge is -2.44. The number of para-hydroxylation sites is 1. The molecule has 2 N–H and O–H groups in total. The minimum Gasteiger partial charge on any atom is -0.465 e. The second-order valence-electron chi connectivity index (χ2n) is 26.0. The third-order valence-electron chi connectivity index (χ3n) is 19.7. The Morgan fingerprint density at radius 3 is 2.03 bits per heavy atom. The van der Waals surface area contributed by atoms with Gasteiger partial charge >= 0.3 is 18.4 Å². The number of unbranched alkanes of at least 4 members (excludes halogenated alkanes) is 2. The zero-order valence-electron chi connectivity index (χ0n) is 54.9. The number of amides is 5. The molecular formula is C73H84F7N9O8. The molecule has 1 aliphatic carbocycles. The maximum atomic E-state index is 14.2. The number of carboxylic acid groups (broad SMARTS) is 1. The van der Waals surface area contributed by atoms with Crippen molar-refractivity contribution in [2.24, 2.45) is 0 Å². The van der Waals surface area contributed by atoms with Crippen LogP contribution in [0.3, 0.4) is 0 Å². The lowest BCUT2D eigenvalue weighted by molar-refractivity contribution is -0.143. The number of fused-ring (bicyclic) bond motifs is 2. The Balaban J connectivity index is 0.616. The second kappa shape index (κ2) is 31.4. The van der Waals surface area contributed by atoms with Crippen LogP contribution in [0.1, 0.15) is 113 Å². The Morgan fingerprint density at radius 1 is 0.701 bits per heavy atom. The van der Waals surface area contributed by atoms with E-state index < -0.39 is 64.6 Å². The summed E-state index contributed by atoms with van der Waals surface area (Å²) in [5, 5.41) is 13.7. The summed E-state index contributed by atoms with van der Waals surface area (Å²) in [6.45, 7) is 5.01. The fourth-order valence-electron chi connectivity index (χ4n) is 14.0. The number of nitrogens with one attached hydrogen (secondary N) is 1. The van der Waals surface area contributed by atoms with Crippen molar-refractivity contribution in [3.05, 3.63) is 185 Å². The fourth-order valence-corrected chi connectivity index (χ4v) is 14.0. The van der Waals surface area contributed by atoms with Gasteiger partial charge in [0.05, 0.1) is 41.3 Å². The first-order valence-corrected chi connectivity index (χ1v) is 33.1. The Labute approximate surface area is 561 Å². The minimum absolute atomic E-state index is 0.0309. The summed E-state index contributed by atoms with van der Waals surface area (Å²) < 4.78 is 110. The molecule has 2 atom stereocenters. The number of benzene rings is 5. The monoisotopic (exact) mass is 1350 g/mol. The summed E-state index contributed by atoms with van der Waals surface area (Å²) in [5.74, 6) is -1.99. The van der Waals surface area contributed by atoms with Gasteiger partial charge in [0, 0.05) is 103 Å². The van der Waals surface area contributed by atoms with Crippen LogP contribution in [0.5, 0.6) is 0 Å². The first kappa shape index (κ1) is 71.3. The van der Waals surface area contributed by atoms with Crippen LogP contribution in [-0.4, -0.2) is 188 Å². The van der Waals surface area contributed by atoms with Crippen LogP contribution in [0, 0.1) is 5.82 Å². The molecule has 5 aromatic carbocycles. The number of anilines is 2. The van der Waals surface area contributed by atoms with E-state index in [4.69, 9.17) is 9.47 Å². The lowest BCUT2D eigenvalue weighted by atomic mass is 9.72. The first-order valence-electron chi connectivity index (χ1n) is 33.1. The van der Waals surface area contributed by atoms with Crippen molar-refractivity contribution in [3.8, 4) is 11.1 Å². The number of ether oxygens (including phenoxy) is 2. The molecule has 3 aliphatic heterocycles. The van der Waals surface area contributed by atoms with Crippen LogP contribution in [0.4, 0.5) is 46.9 Å². The smallest absolute Gasteiger partial charge is 0.416 e. The Kier molecular flexibility index (Phi) is 23.1. The van der Waals surface area contributed by atoms with Gasteiger partial charge in [-0.25, -0.2) is 14.2 Å². The highest BCUT2D eigenvalue weighted by molar-refractivity contribution is 5.95. The van der Waals surface area contributed by atoms with Gasteiger partial charge in [0.15, 0.2) is 0 Å². The van der Waals surface area contributed by atoms with Crippen molar-refractivity contribution in [1.82, 2.24) is 34.4 Å². The Hall–Kier alpha value is -8.45. The number of alkyl halides is 6. The molecule has 10 rings (SSSR count). The number of hydrogen-bond acceptors (Lipinski definition) is 11. The molecule has 17 nitrogen and oxygen atoms in total. The number of hydrogen-bond donors (Lipinski definition) is 2. The van der Waals surface area contributed by atoms with E-state index in [0.29, 0.717) is 114 Å². The van der Waals surface area contributed by atoms with Crippen molar-refractivity contribution in [2.45, 2.75) is 106 Å². The van der Waals surface area contributed by atoms with Gasteiger partial charge < -0.3 is 49.3 Å². The van der Waals surface area contributed by atoms with Crippen LogP contribution >= 0.6 is 0 Å². The van der Waals surface area contributed by atoms with Crippen LogP contribution < -0.4 is 10.2 Å². The van der Waals surface area contributed by atoms with E-state index in [0.717, 1.165) is 71.7 Å². The molecule has 0 unspecified atom stereocenters. The van der Waals surface area contributed by atoms with Gasteiger partial charge in [0.1, 0.15) is 30.4 Å². The average molecular weight is 1350 g/mol. The number of halogens is 7. The molecule has 97 heavy (non-hydrogen) atoms. The quantitative estimate of drug-likeness (QED) is 0.0390. The predicted molar refractivity (Wildman–Crippen MR) is 353 cm³/mol. The molecule has 518 valence electrons. The van der Waals surface area contributed by atoms with Crippen molar-refractivity contribution < 1.29 is 69.3 Å². The molecule has 4 aliphatic rings. The summed E-state index contributed by atoms with van der Waals surface area (Å²) in [7, 11) is 5.23. The molecule has 4 heterocycles. The maximum Gasteiger partial charge on any atom is 0.416 e. The van der Waals surface area contributed by atoms with Crippen LogP contribution in [-0.2, 0) is 48.9 Å². The van der Waals surface area contributed by atoms with Gasteiger partial charge in [-0.15, -0.1) is 0 Å². The fraction of sp³-hybridized carbons (Fsp3) is 0.452. The van der Waals surface area contributed by atoms with Crippen molar-refractivity contribution in [2.75, 3.05) is 117 Å². The number of aromatic nitrogens is 1. The number of likely N-dealkylation sites (tertiary alicyclic amines) is 2. The molecule has 1 aromatic heterocycles. The van der Waals surface area contributed by atoms with E-state index in [1.165, 1.54) is 29.2 Å². The van der Waals surface area contributed by atoms with Gasteiger partial charge in [-0.1, -0.05) is 91.3 Å². The average Bonchev–Trinajstić information content (AvgIpc) is 1.61. The van der Waals surface area contributed by atoms with Gasteiger partial charge in [0.2, 0.25) is 11.8 Å². The summed E-state index contributed by atoms with van der Waals surface area (Å²) in [5.41, 5.74) is 0.673. The Morgan fingerprint density at radius 2 is 1.35 bits per heavy atom. The number of carbonyl (C=O) groups excluding carboxylic acids is 4. The standard InChI is InChI=1S/C73H84F7N9O8/c1-83(34-14-35-85(3)68(93)62-27-26-58(47-82-62)81-33-13-5-8-21-65(90)84(2)41-42-86-36-28-59(29-37-86)89(69(94)95)63-20-12-10-18-60(63)51-15-6-4-7-16-51)66(91)48-96-64-45-52-17-9-11-19-61(52)70(64)30-38-87(39-31-70)40-32-71(54-22-24-57(74)25-23-54)49-88(50-97-71)67(92)53-43-55(72(75,76)77)46-56(44-53)73(78,79)80/h4,6-7,9-12,15-20,22-27,43-44,46-47,59,64,81H,5,8,13-14,21,28-42,45,48-50H2,1-3H3,(H,94,95)/t64-,71-/m0/s1. The van der Waals surface area contributed by atoms with E-state index in [1.807, 2.05) is 79.8 Å². The van der Waals surface area contributed by atoms with Gasteiger partial charge in [0.25, 0.3) is 11.8 Å². The van der Waals surface area contributed by atoms with E-state index in [-0.39, 0.29) is 61.2 Å². The lowest BCUT2D eigenvalue weighted by Crippen LogP contribution is -2.50. The number of nitrogens with zero attached hydrogens (tertiary/aromatic N) is 8. The molecule has 0 radical (unpaired) electrons. The second-order valence-corrected chi connectivity index (χ2v) is 26.0. The van der Waals surface area contributed by atoms with Crippen LogP contribution in [0.25, 0.3) is 11.1 Å². The number of carbonyl (C=O) groups is 5. The molecule has 1 spiro atoms. The molecule has 6 aromatic rings. The summed E-state index contributed by atoms with van der Waals surface area (Å²) in [4.78, 5) is 83.0. The normalized spacial score (nSPS) is 18.2. The maximum absolute atomic E-state index is 14.2. The molecule has 0 bridgehead atoms. The third kappa shape index (κ3) is 17.5. The molecule has 3 fully saturated rings. The van der Waals surface area contributed by atoms with Gasteiger partial charge in [-0.05, 0) is 142 Å². The van der Waals surface area contributed by atoms with Gasteiger partial charge in [-0.3, -0.25) is 24.1 Å². The number of likely N-dealkylation sites (N-methyl/N-ethyl adjacent to an activating group) is 2. The Bertz CT molecular complexity index is 3650. The number of pyridine rings is 1. The SMILES string of the molecule is CN(CCN1CCC(N(C(=O)O)c2ccccc2-c2ccccc2)CC1)C(=O)CCCCCNc1ccc(C(=O)N(C)CCCN(C)C(=O)CO[C@H]2Cc3ccccc3C23CCN(CC[C@@]2(c4ccc(F)cc4)CN(C(=O)c4cc(C(F)(F)F)cc(C(F)(F)F)c4)CO2)CC3)nc1. The molecular weight excluding hydrogens is 1260 g/mol. The van der Waals surface area contributed by atoms with E-state index in [9.17, 15) is 59.8 Å². The van der Waals surface area contributed by atoms with Gasteiger partial charge in [-0.2, -0.15) is 26.3 Å². The van der Waals surface area contributed by atoms with Crippen LogP contribution in [0.2, 0.25) is 0 Å². The summed E-state index contributed by atoms with van der Waals surface area (Å²) in [6.07, 6.45) is -2.99. The molecule has 5 amide bonds. The van der Waals surface area contributed by atoms with Crippen molar-refractivity contribution >= 4 is 41.1 Å². The highest BCUT2D eigenvalue weighted by Gasteiger charge is 2.50. The van der Waals surface area contributed by atoms with Crippen molar-refractivity contribution in [3.63, 3.8) is 0 Å². The van der Waals surface area contributed by atoms with Crippen LogP contribution in [0.15, 0.2) is 140 Å². The highest BCUT2D eigenvalue weighted by Crippen LogP contribution is 2.49. The predicted octanol–water partition coefficient (Wildman–Crippen LogP) is 12.3. The summed E-state index contributed by atoms with van der Waals surface area (Å²) >= 11 is 0. The van der Waals surface area contributed by atoms with E-state index >= 15 is 0 Å². The number of rotatable bonds is 26. The molecule has 3 saturated heterocycles. The minimum atomic E-state index is -5.15. The van der Waals surface area contributed by atoms with Crippen molar-refractivity contribution in [1.29, 1.82) is 0 Å². The zero-order chi connectivity index (χ0) is 69.1. The largest absolute Gasteiger partial charge is 0.465 e. The molecule has 0 saturated carbocycles. The molecule has 24 heteroatoms. The number of piperidine rings is 2. The zero-order valence-corrected chi connectivity index (χ0v) is 54.9. The third-order valence-corrected chi connectivity index (χ3v) is 19.7. The highest BCUT2D eigenvalue weighted by atomic mass is 19.4. The topological polar surface area (TPSA) is 172 Å². The first-order chi connectivity index (χ1) is 46.4. The van der Waals surface area contributed by atoms with E-state index in [2.05, 4.69) is 32.2 Å². The van der Waals surface area contributed by atoms with E-state index in [1.54, 1.807) is 41.1 Å².